The van der Waals surface area contributed by atoms with Crippen molar-refractivity contribution in [3.05, 3.63) is 70.2 Å². The Labute approximate surface area is 214 Å². The highest BCUT2D eigenvalue weighted by Gasteiger charge is 2.37. The third-order valence-electron chi connectivity index (χ3n) is 5.20. The molecule has 0 spiro atoms. The second-order valence-electron chi connectivity index (χ2n) is 9.29. The molecule has 10 heteroatoms. The molecule has 5 N–H and O–H groups in total. The lowest BCUT2D eigenvalue weighted by molar-refractivity contribution is -0.123. The molecule has 0 unspecified atom stereocenters. The standard InChI is InChI=1S/C26H31N5O4S/c1-6-35-18-13-9-16(10-14-18)21(24(33)29-26(3,4)5)31(17-11-7-15(2)8-12-17)25(34)22-19(27)20(23(28)32)30-36-22/h7-14,21H,6,27H2,1-5H3,(H2,28,32)(H,29,33)/t21-/m0/s1. The van der Waals surface area contributed by atoms with Gasteiger partial charge in [0.15, 0.2) is 5.69 Å². The summed E-state index contributed by atoms with van der Waals surface area (Å²) in [6.45, 7) is 9.88. The van der Waals surface area contributed by atoms with Crippen LogP contribution in [0.4, 0.5) is 11.4 Å². The highest BCUT2D eigenvalue weighted by atomic mass is 32.1. The smallest absolute Gasteiger partial charge is 0.273 e. The minimum atomic E-state index is -1.06. The summed E-state index contributed by atoms with van der Waals surface area (Å²) in [5.41, 5.74) is 12.6. The van der Waals surface area contributed by atoms with Crippen LogP contribution in [0, 0.1) is 6.92 Å². The van der Waals surface area contributed by atoms with Gasteiger partial charge in [0.1, 0.15) is 16.7 Å². The largest absolute Gasteiger partial charge is 0.494 e. The van der Waals surface area contributed by atoms with Crippen LogP contribution in [0.1, 0.15) is 65.0 Å². The average Bonchev–Trinajstić information content (AvgIpc) is 3.19. The molecule has 0 bridgehead atoms. The molecule has 9 nitrogen and oxygen atoms in total. The third-order valence-corrected chi connectivity index (χ3v) is 6.05. The van der Waals surface area contributed by atoms with Crippen molar-refractivity contribution in [2.75, 3.05) is 17.2 Å². The van der Waals surface area contributed by atoms with Crippen molar-refractivity contribution in [3.8, 4) is 5.75 Å². The van der Waals surface area contributed by atoms with E-state index in [4.69, 9.17) is 16.2 Å². The summed E-state index contributed by atoms with van der Waals surface area (Å²) in [6.07, 6.45) is 0. The molecular formula is C26H31N5O4S. The van der Waals surface area contributed by atoms with E-state index in [1.165, 1.54) is 4.90 Å². The van der Waals surface area contributed by atoms with Crippen LogP contribution >= 0.6 is 11.5 Å². The summed E-state index contributed by atoms with van der Waals surface area (Å²) in [7, 11) is 0. The normalized spacial score (nSPS) is 12.0. The number of nitrogens with zero attached hydrogens (tertiary/aromatic N) is 2. The number of benzene rings is 2. The van der Waals surface area contributed by atoms with E-state index in [9.17, 15) is 14.4 Å². The van der Waals surface area contributed by atoms with Crippen molar-refractivity contribution in [1.82, 2.24) is 9.69 Å². The van der Waals surface area contributed by atoms with E-state index in [2.05, 4.69) is 9.69 Å². The molecule has 0 aliphatic heterocycles. The van der Waals surface area contributed by atoms with Gasteiger partial charge in [-0.1, -0.05) is 29.8 Å². The Morgan fingerprint density at radius 1 is 1.08 bits per heavy atom. The van der Waals surface area contributed by atoms with Crippen molar-refractivity contribution in [1.29, 1.82) is 0 Å². The van der Waals surface area contributed by atoms with E-state index < -0.39 is 29.3 Å². The van der Waals surface area contributed by atoms with Crippen LogP contribution in [0.25, 0.3) is 0 Å². The van der Waals surface area contributed by atoms with Crippen molar-refractivity contribution >= 4 is 40.6 Å². The number of nitrogens with one attached hydrogen (secondary N) is 1. The van der Waals surface area contributed by atoms with Crippen LogP contribution in [0.15, 0.2) is 48.5 Å². The number of ether oxygens (including phenoxy) is 1. The van der Waals surface area contributed by atoms with Gasteiger partial charge in [0.25, 0.3) is 11.8 Å². The maximum Gasteiger partial charge on any atom is 0.273 e. The summed E-state index contributed by atoms with van der Waals surface area (Å²) in [5, 5.41) is 2.98. The Kier molecular flexibility index (Phi) is 7.99. The predicted molar refractivity (Wildman–Crippen MR) is 141 cm³/mol. The number of carbonyl (C=O) groups excluding carboxylic acids is 3. The number of aryl methyl sites for hydroxylation is 1. The monoisotopic (exact) mass is 509 g/mol. The summed E-state index contributed by atoms with van der Waals surface area (Å²) in [5.74, 6) is -1.16. The number of hydrogen-bond donors (Lipinski definition) is 3. The van der Waals surface area contributed by atoms with Crippen LogP contribution in [0.5, 0.6) is 5.75 Å². The number of primary amides is 1. The number of hydrogen-bond acceptors (Lipinski definition) is 7. The van der Waals surface area contributed by atoms with E-state index in [0.29, 0.717) is 23.6 Å². The molecule has 0 aliphatic rings. The molecule has 3 rings (SSSR count). The Bertz CT molecular complexity index is 1250. The molecule has 1 aromatic heterocycles. The molecule has 3 amide bonds. The average molecular weight is 510 g/mol. The van der Waals surface area contributed by atoms with Gasteiger partial charge in [0.05, 0.1) is 12.3 Å². The first-order chi connectivity index (χ1) is 16.9. The molecule has 36 heavy (non-hydrogen) atoms. The maximum atomic E-state index is 14.0. The summed E-state index contributed by atoms with van der Waals surface area (Å²) in [4.78, 5) is 40.8. The molecule has 1 atom stereocenters. The fourth-order valence-corrected chi connectivity index (χ4v) is 4.34. The second kappa shape index (κ2) is 10.8. The third kappa shape index (κ3) is 6.01. The topological polar surface area (TPSA) is 141 Å². The first-order valence-electron chi connectivity index (χ1n) is 11.4. The van der Waals surface area contributed by atoms with Gasteiger partial charge in [0.2, 0.25) is 5.91 Å². The zero-order valence-electron chi connectivity index (χ0n) is 21.0. The molecule has 0 aliphatic carbocycles. The van der Waals surface area contributed by atoms with Crippen LogP contribution in [-0.2, 0) is 4.79 Å². The molecule has 1 heterocycles. The van der Waals surface area contributed by atoms with Crippen molar-refractivity contribution in [2.24, 2.45) is 5.73 Å². The zero-order chi connectivity index (χ0) is 26.6. The van der Waals surface area contributed by atoms with E-state index in [0.717, 1.165) is 17.1 Å². The number of anilines is 2. The molecule has 0 saturated carbocycles. The van der Waals surface area contributed by atoms with E-state index in [-0.39, 0.29) is 16.3 Å². The summed E-state index contributed by atoms with van der Waals surface area (Å²) < 4.78 is 9.52. The minimum absolute atomic E-state index is 0.0175. The zero-order valence-corrected chi connectivity index (χ0v) is 21.8. The number of nitrogen functional groups attached to an aromatic ring is 1. The van der Waals surface area contributed by atoms with Crippen molar-refractivity contribution in [3.63, 3.8) is 0 Å². The Morgan fingerprint density at radius 3 is 2.19 bits per heavy atom. The van der Waals surface area contributed by atoms with E-state index >= 15 is 0 Å². The lowest BCUT2D eigenvalue weighted by Gasteiger charge is -2.33. The number of carbonyl (C=O) groups is 3. The van der Waals surface area contributed by atoms with Gasteiger partial charge in [-0.25, -0.2) is 0 Å². The molecule has 0 saturated heterocycles. The van der Waals surface area contributed by atoms with Crippen molar-refractivity contribution in [2.45, 2.75) is 46.2 Å². The van der Waals surface area contributed by atoms with Crippen LogP contribution in [0.3, 0.4) is 0 Å². The molecular weight excluding hydrogens is 478 g/mol. The summed E-state index contributed by atoms with van der Waals surface area (Å²) in [6, 6.07) is 13.1. The molecule has 0 radical (unpaired) electrons. The fraction of sp³-hybridized carbons (Fsp3) is 0.308. The SMILES string of the molecule is CCOc1ccc([C@@H](C(=O)NC(C)(C)C)N(C(=O)c2snc(C(N)=O)c2N)c2ccc(C)cc2)cc1. The van der Waals surface area contributed by atoms with Gasteiger partial charge in [-0.15, -0.1) is 0 Å². The van der Waals surface area contributed by atoms with Crippen molar-refractivity contribution < 1.29 is 19.1 Å². The molecule has 190 valence electrons. The van der Waals surface area contributed by atoms with Gasteiger partial charge in [-0.2, -0.15) is 4.37 Å². The van der Waals surface area contributed by atoms with Gasteiger partial charge >= 0.3 is 0 Å². The number of aromatic nitrogens is 1. The number of rotatable bonds is 8. The van der Waals surface area contributed by atoms with Crippen LogP contribution in [-0.4, -0.2) is 34.2 Å². The second-order valence-corrected chi connectivity index (χ2v) is 10.1. The lowest BCUT2D eigenvalue weighted by Crippen LogP contribution is -2.49. The van der Waals surface area contributed by atoms with Crippen LogP contribution < -0.4 is 26.4 Å². The van der Waals surface area contributed by atoms with Crippen LogP contribution in [0.2, 0.25) is 0 Å². The van der Waals surface area contributed by atoms with E-state index in [1.807, 2.05) is 46.8 Å². The first-order valence-corrected chi connectivity index (χ1v) is 12.2. The number of nitrogens with two attached hydrogens (primary N) is 2. The van der Waals surface area contributed by atoms with Gasteiger partial charge < -0.3 is 21.5 Å². The first kappa shape index (κ1) is 26.7. The van der Waals surface area contributed by atoms with Gasteiger partial charge in [-0.05, 0) is 76.0 Å². The Morgan fingerprint density at radius 2 is 1.69 bits per heavy atom. The molecule has 3 aromatic rings. The maximum absolute atomic E-state index is 14.0. The fourth-order valence-electron chi connectivity index (χ4n) is 3.60. The van der Waals surface area contributed by atoms with Gasteiger partial charge in [0, 0.05) is 11.2 Å². The van der Waals surface area contributed by atoms with Gasteiger partial charge in [-0.3, -0.25) is 19.3 Å². The lowest BCUT2D eigenvalue weighted by atomic mass is 10.00. The molecule has 0 fully saturated rings. The summed E-state index contributed by atoms with van der Waals surface area (Å²) >= 11 is 0.767. The predicted octanol–water partition coefficient (Wildman–Crippen LogP) is 3.83. The Balaban J connectivity index is 2.21. The number of amides is 3. The minimum Gasteiger partial charge on any atom is -0.494 e. The highest BCUT2D eigenvalue weighted by Crippen LogP contribution is 2.34. The molecule has 2 aromatic carbocycles. The quantitative estimate of drug-likeness (QED) is 0.421. The Hall–Kier alpha value is -3.92. The highest BCUT2D eigenvalue weighted by molar-refractivity contribution is 7.09. The van der Waals surface area contributed by atoms with E-state index in [1.54, 1.807) is 36.4 Å².